The van der Waals surface area contributed by atoms with E-state index in [2.05, 4.69) is 0 Å². The van der Waals surface area contributed by atoms with Crippen molar-refractivity contribution in [1.82, 2.24) is 0 Å². The Kier molecular flexibility index (Phi) is 3.13. The molecule has 0 saturated carbocycles. The maximum Gasteiger partial charge on any atom is 0.325 e. The quantitative estimate of drug-likeness (QED) is 0.790. The second kappa shape index (κ2) is 3.98. The van der Waals surface area contributed by atoms with Gasteiger partial charge >= 0.3 is 5.97 Å². The van der Waals surface area contributed by atoms with E-state index in [1.807, 2.05) is 13.8 Å². The zero-order valence-electron chi connectivity index (χ0n) is 8.04. The third-order valence-electron chi connectivity index (χ3n) is 2.25. The number of carboxylic acid groups (broad SMARTS) is 1. The van der Waals surface area contributed by atoms with Crippen LogP contribution in [0.15, 0.2) is 12.1 Å². The third-order valence-corrected chi connectivity index (χ3v) is 2.64. The van der Waals surface area contributed by atoms with E-state index < -0.39 is 12.0 Å². The summed E-state index contributed by atoms with van der Waals surface area (Å²) in [5.41, 5.74) is 7.90. The first kappa shape index (κ1) is 11.0. The fraction of sp³-hybridized carbons (Fsp3) is 0.300. The fourth-order valence-corrected chi connectivity index (χ4v) is 1.44. The van der Waals surface area contributed by atoms with E-state index in [4.69, 9.17) is 22.4 Å². The first-order chi connectivity index (χ1) is 6.43. The van der Waals surface area contributed by atoms with Crippen LogP contribution in [-0.4, -0.2) is 11.1 Å². The molecule has 0 aliphatic carbocycles. The highest BCUT2D eigenvalue weighted by Crippen LogP contribution is 2.23. The molecule has 14 heavy (non-hydrogen) atoms. The zero-order valence-corrected chi connectivity index (χ0v) is 8.80. The lowest BCUT2D eigenvalue weighted by molar-refractivity contribution is -0.138. The first-order valence-electron chi connectivity index (χ1n) is 4.18. The number of aliphatic carboxylic acids is 1. The molecule has 1 atom stereocenters. The smallest absolute Gasteiger partial charge is 0.325 e. The third kappa shape index (κ3) is 2.05. The van der Waals surface area contributed by atoms with Crippen molar-refractivity contribution in [3.05, 3.63) is 33.8 Å². The predicted octanol–water partition coefficient (Wildman–Crippen LogP) is 2.04. The van der Waals surface area contributed by atoms with Crippen LogP contribution in [0.4, 0.5) is 0 Å². The van der Waals surface area contributed by atoms with Crippen LogP contribution in [0.2, 0.25) is 5.02 Å². The van der Waals surface area contributed by atoms with Gasteiger partial charge in [-0.05, 0) is 36.6 Å². The average Bonchev–Trinajstić information content (AvgIpc) is 2.12. The molecule has 0 heterocycles. The Morgan fingerprint density at radius 3 is 2.50 bits per heavy atom. The molecule has 1 aromatic carbocycles. The van der Waals surface area contributed by atoms with E-state index in [1.54, 1.807) is 12.1 Å². The summed E-state index contributed by atoms with van der Waals surface area (Å²) >= 11 is 5.92. The molecule has 76 valence electrons. The topological polar surface area (TPSA) is 63.3 Å². The van der Waals surface area contributed by atoms with E-state index in [1.165, 1.54) is 0 Å². The van der Waals surface area contributed by atoms with E-state index >= 15 is 0 Å². The molecule has 0 amide bonds. The summed E-state index contributed by atoms with van der Waals surface area (Å²) in [5, 5.41) is 9.27. The van der Waals surface area contributed by atoms with Crippen LogP contribution in [0, 0.1) is 13.8 Å². The van der Waals surface area contributed by atoms with Gasteiger partial charge in [0.15, 0.2) is 0 Å². The van der Waals surface area contributed by atoms with Crippen molar-refractivity contribution in [1.29, 1.82) is 0 Å². The molecule has 0 aromatic heterocycles. The summed E-state index contributed by atoms with van der Waals surface area (Å²) in [7, 11) is 0. The van der Waals surface area contributed by atoms with Crippen molar-refractivity contribution in [2.75, 3.05) is 0 Å². The molecular formula is C10H12ClNO2. The largest absolute Gasteiger partial charge is 0.480 e. The average molecular weight is 214 g/mol. The number of hydrogen-bond acceptors (Lipinski definition) is 2. The van der Waals surface area contributed by atoms with Gasteiger partial charge in [-0.25, -0.2) is 0 Å². The molecule has 0 saturated heterocycles. The minimum atomic E-state index is -1.05. The SMILES string of the molecule is Cc1cc(C(N)C(=O)O)cc(Cl)c1C. The van der Waals surface area contributed by atoms with E-state index in [0.717, 1.165) is 11.1 Å². The lowest BCUT2D eigenvalue weighted by atomic mass is 10.0. The molecule has 3 nitrogen and oxygen atoms in total. The van der Waals surface area contributed by atoms with Gasteiger partial charge in [0, 0.05) is 5.02 Å². The van der Waals surface area contributed by atoms with Gasteiger partial charge in [0.1, 0.15) is 6.04 Å². The first-order valence-corrected chi connectivity index (χ1v) is 4.56. The zero-order chi connectivity index (χ0) is 10.9. The van der Waals surface area contributed by atoms with Gasteiger partial charge in [-0.3, -0.25) is 4.79 Å². The summed E-state index contributed by atoms with van der Waals surface area (Å²) in [6, 6.07) is 2.34. The lowest BCUT2D eigenvalue weighted by Gasteiger charge is -2.10. The molecule has 1 unspecified atom stereocenters. The molecule has 0 fully saturated rings. The maximum absolute atomic E-state index is 10.6. The van der Waals surface area contributed by atoms with Gasteiger partial charge in [-0.1, -0.05) is 17.7 Å². The van der Waals surface area contributed by atoms with Crippen molar-refractivity contribution >= 4 is 17.6 Å². The normalized spacial score (nSPS) is 12.6. The Balaban J connectivity index is 3.19. The molecule has 3 N–H and O–H groups in total. The van der Waals surface area contributed by atoms with Gasteiger partial charge < -0.3 is 10.8 Å². The van der Waals surface area contributed by atoms with Gasteiger partial charge in [-0.2, -0.15) is 0 Å². The van der Waals surface area contributed by atoms with Crippen LogP contribution in [0.25, 0.3) is 0 Å². The Labute approximate surface area is 87.5 Å². The molecule has 0 spiro atoms. The molecule has 1 rings (SSSR count). The van der Waals surface area contributed by atoms with E-state index in [9.17, 15) is 4.79 Å². The fourth-order valence-electron chi connectivity index (χ4n) is 1.16. The van der Waals surface area contributed by atoms with Gasteiger partial charge in [-0.15, -0.1) is 0 Å². The summed E-state index contributed by atoms with van der Waals surface area (Å²) in [6.45, 7) is 3.76. The van der Waals surface area contributed by atoms with E-state index in [0.29, 0.717) is 10.6 Å². The number of hydrogen-bond donors (Lipinski definition) is 2. The number of nitrogens with two attached hydrogens (primary N) is 1. The standard InChI is InChI=1S/C10H12ClNO2/c1-5-3-7(9(12)10(13)14)4-8(11)6(5)2/h3-4,9H,12H2,1-2H3,(H,13,14). The Morgan fingerprint density at radius 2 is 2.07 bits per heavy atom. The number of rotatable bonds is 2. The highest BCUT2D eigenvalue weighted by Gasteiger charge is 2.15. The van der Waals surface area contributed by atoms with Crippen LogP contribution in [0.5, 0.6) is 0 Å². The highest BCUT2D eigenvalue weighted by molar-refractivity contribution is 6.31. The monoisotopic (exact) mass is 213 g/mol. The second-order valence-electron chi connectivity index (χ2n) is 3.26. The van der Waals surface area contributed by atoms with Crippen LogP contribution in [0.1, 0.15) is 22.7 Å². The second-order valence-corrected chi connectivity index (χ2v) is 3.67. The molecule has 4 heteroatoms. The highest BCUT2D eigenvalue weighted by atomic mass is 35.5. The molecular weight excluding hydrogens is 202 g/mol. The van der Waals surface area contributed by atoms with Gasteiger partial charge in [0.05, 0.1) is 0 Å². The summed E-state index contributed by atoms with van der Waals surface area (Å²) in [5.74, 6) is -1.05. The minimum absolute atomic E-state index is 0.533. The number of carboxylic acids is 1. The molecule has 0 aliphatic heterocycles. The number of aryl methyl sites for hydroxylation is 1. The van der Waals surface area contributed by atoms with Crippen LogP contribution in [-0.2, 0) is 4.79 Å². The summed E-state index contributed by atoms with van der Waals surface area (Å²) in [6.07, 6.45) is 0. The van der Waals surface area contributed by atoms with Crippen LogP contribution in [0.3, 0.4) is 0 Å². The van der Waals surface area contributed by atoms with Crippen molar-refractivity contribution in [2.45, 2.75) is 19.9 Å². The maximum atomic E-state index is 10.6. The van der Waals surface area contributed by atoms with Crippen LogP contribution < -0.4 is 5.73 Å². The Hall–Kier alpha value is -1.06. The summed E-state index contributed by atoms with van der Waals surface area (Å²) < 4.78 is 0. The molecule has 0 radical (unpaired) electrons. The van der Waals surface area contributed by atoms with Crippen molar-refractivity contribution in [3.63, 3.8) is 0 Å². The lowest BCUT2D eigenvalue weighted by Crippen LogP contribution is -2.20. The molecule has 1 aromatic rings. The van der Waals surface area contributed by atoms with Crippen molar-refractivity contribution < 1.29 is 9.90 Å². The van der Waals surface area contributed by atoms with Gasteiger partial charge in [0.25, 0.3) is 0 Å². The number of halogens is 1. The summed E-state index contributed by atoms with van der Waals surface area (Å²) in [4.78, 5) is 10.6. The number of carbonyl (C=O) groups is 1. The number of benzene rings is 1. The predicted molar refractivity (Wildman–Crippen MR) is 55.5 cm³/mol. The Bertz CT molecular complexity index is 353. The molecule has 0 bridgehead atoms. The van der Waals surface area contributed by atoms with E-state index in [-0.39, 0.29) is 0 Å². The molecule has 0 aliphatic rings. The van der Waals surface area contributed by atoms with Crippen molar-refractivity contribution in [2.24, 2.45) is 5.73 Å². The van der Waals surface area contributed by atoms with Crippen LogP contribution >= 0.6 is 11.6 Å². The Morgan fingerprint density at radius 1 is 1.50 bits per heavy atom. The minimum Gasteiger partial charge on any atom is -0.480 e. The van der Waals surface area contributed by atoms with Gasteiger partial charge in [0.2, 0.25) is 0 Å². The van der Waals surface area contributed by atoms with Crippen molar-refractivity contribution in [3.8, 4) is 0 Å².